The standard InChI is InChI=1S/C34H43N5O4S/c1-3-24-13-15-27(16-14-24)28-9-6-11-30(23-28)44(43)38-31(22-26-8-4-10-29(21-26)33(35)37-42)34(41)39-19-17-25(18-20-39)7-5-12-32(40)36-2/h4,6,8-11,13-16,21,23,25,31,38,42H,3,5,7,12,17-20,22H2,1-2H3,(H2,35,37)(H,36,40)/t31-,44?/m0/s1. The van der Waals surface area contributed by atoms with E-state index in [1.807, 2.05) is 29.2 Å². The number of carbonyl (C=O) groups is 2. The van der Waals surface area contributed by atoms with Gasteiger partial charge in [-0.15, -0.1) is 4.72 Å². The van der Waals surface area contributed by atoms with Crippen LogP contribution in [0.15, 0.2) is 82.8 Å². The van der Waals surface area contributed by atoms with Gasteiger partial charge in [-0.1, -0.05) is 66.7 Å². The lowest BCUT2D eigenvalue weighted by atomic mass is 9.91. The Morgan fingerprint density at radius 3 is 2.45 bits per heavy atom. The van der Waals surface area contributed by atoms with Gasteiger partial charge >= 0.3 is 0 Å². The number of carbonyl (C=O) groups excluding carboxylic acids is 2. The van der Waals surface area contributed by atoms with Crippen LogP contribution in [-0.4, -0.2) is 58.5 Å². The molecule has 2 amide bonds. The number of aryl methyl sites for hydroxylation is 1. The van der Waals surface area contributed by atoms with E-state index in [0.717, 1.165) is 48.8 Å². The first-order valence-electron chi connectivity index (χ1n) is 15.2. The van der Waals surface area contributed by atoms with Gasteiger partial charge in [0.2, 0.25) is 11.8 Å². The summed E-state index contributed by atoms with van der Waals surface area (Å²) >= 11 is -1.66. The molecule has 1 unspecified atom stereocenters. The number of rotatable bonds is 13. The SMILES string of the molecule is CCc1ccc(-c2cccc([S+]([O-])N[C@@H](Cc3cccc(/C(N)=N\O)c3)C(=O)N3CCC(CCCC(=O)NC)CC3)c2)cc1. The third-order valence-electron chi connectivity index (χ3n) is 8.28. The largest absolute Gasteiger partial charge is 0.593 e. The highest BCUT2D eigenvalue weighted by Gasteiger charge is 2.32. The lowest BCUT2D eigenvalue weighted by molar-refractivity contribution is -0.134. The van der Waals surface area contributed by atoms with Crippen molar-refractivity contribution in [2.45, 2.75) is 62.8 Å². The predicted octanol–water partition coefficient (Wildman–Crippen LogP) is 4.39. The smallest absolute Gasteiger partial charge is 0.244 e. The maximum Gasteiger partial charge on any atom is 0.244 e. The molecule has 1 heterocycles. The average Bonchev–Trinajstić information content (AvgIpc) is 3.07. The zero-order valence-electron chi connectivity index (χ0n) is 25.5. The molecule has 3 aromatic carbocycles. The summed E-state index contributed by atoms with van der Waals surface area (Å²) in [7, 11) is 1.65. The van der Waals surface area contributed by atoms with Crippen LogP contribution in [0, 0.1) is 5.92 Å². The van der Waals surface area contributed by atoms with Crippen molar-refractivity contribution in [2.24, 2.45) is 16.8 Å². The van der Waals surface area contributed by atoms with Gasteiger partial charge in [0, 0.05) is 44.6 Å². The van der Waals surface area contributed by atoms with E-state index in [9.17, 15) is 14.1 Å². The van der Waals surface area contributed by atoms with Crippen LogP contribution in [0.2, 0.25) is 0 Å². The Labute approximate surface area is 263 Å². The first-order valence-corrected chi connectivity index (χ1v) is 16.4. The van der Waals surface area contributed by atoms with Crippen molar-refractivity contribution in [3.05, 3.63) is 89.5 Å². The van der Waals surface area contributed by atoms with E-state index in [2.05, 4.69) is 46.4 Å². The minimum absolute atomic E-state index is 0.0199. The van der Waals surface area contributed by atoms with Crippen molar-refractivity contribution in [2.75, 3.05) is 20.1 Å². The average molecular weight is 618 g/mol. The second kappa shape index (κ2) is 16.3. The molecule has 4 rings (SSSR count). The van der Waals surface area contributed by atoms with Crippen LogP contribution in [-0.2, 0) is 33.8 Å². The molecule has 1 saturated heterocycles. The maximum absolute atomic E-state index is 13.9. The summed E-state index contributed by atoms with van der Waals surface area (Å²) in [5.41, 5.74) is 10.4. The number of hydrogen-bond donors (Lipinski definition) is 4. The van der Waals surface area contributed by atoms with E-state index in [0.29, 0.717) is 35.9 Å². The fourth-order valence-corrected chi connectivity index (χ4v) is 6.61. The third kappa shape index (κ3) is 9.07. The third-order valence-corrected chi connectivity index (χ3v) is 9.46. The highest BCUT2D eigenvalue weighted by atomic mass is 32.2. The van der Waals surface area contributed by atoms with E-state index in [1.165, 1.54) is 5.56 Å². The molecule has 9 nitrogen and oxygen atoms in total. The molecule has 0 radical (unpaired) electrons. The molecule has 0 saturated carbocycles. The van der Waals surface area contributed by atoms with Gasteiger partial charge in [0.1, 0.15) is 6.04 Å². The molecule has 1 fully saturated rings. The van der Waals surface area contributed by atoms with Crippen molar-refractivity contribution < 1.29 is 19.3 Å². The summed E-state index contributed by atoms with van der Waals surface area (Å²) in [4.78, 5) is 27.9. The van der Waals surface area contributed by atoms with Gasteiger partial charge in [0.05, 0.1) is 11.4 Å². The molecule has 0 bridgehead atoms. The van der Waals surface area contributed by atoms with Gasteiger partial charge in [-0.2, -0.15) is 0 Å². The monoisotopic (exact) mass is 617 g/mol. The lowest BCUT2D eigenvalue weighted by Gasteiger charge is -2.34. The molecule has 0 aromatic heterocycles. The molecule has 3 aromatic rings. The quantitative estimate of drug-likeness (QED) is 0.0737. The molecule has 5 N–H and O–H groups in total. The normalized spacial score (nSPS) is 15.5. The van der Waals surface area contributed by atoms with Crippen LogP contribution in [0.25, 0.3) is 11.1 Å². The highest BCUT2D eigenvalue weighted by Crippen LogP contribution is 2.26. The number of nitrogens with one attached hydrogen (secondary N) is 2. The number of benzene rings is 3. The fraction of sp³-hybridized carbons (Fsp3) is 0.382. The number of likely N-dealkylation sites (tertiary alicyclic amines) is 1. The summed E-state index contributed by atoms with van der Waals surface area (Å²) in [6.45, 7) is 3.34. The van der Waals surface area contributed by atoms with Gasteiger partial charge < -0.3 is 25.7 Å². The molecular weight excluding hydrogens is 574 g/mol. The summed E-state index contributed by atoms with van der Waals surface area (Å²) in [6, 6.07) is 22.3. The van der Waals surface area contributed by atoms with Gasteiger partial charge in [0.25, 0.3) is 0 Å². The first kappa shape index (κ1) is 33.0. The molecule has 44 heavy (non-hydrogen) atoms. The summed E-state index contributed by atoms with van der Waals surface area (Å²) in [5, 5.41) is 14.9. The number of piperidine rings is 1. The predicted molar refractivity (Wildman–Crippen MR) is 174 cm³/mol. The van der Waals surface area contributed by atoms with Crippen LogP contribution >= 0.6 is 0 Å². The van der Waals surface area contributed by atoms with Gasteiger partial charge in [-0.05, 0) is 72.4 Å². The van der Waals surface area contributed by atoms with Crippen molar-refractivity contribution in [1.82, 2.24) is 14.9 Å². The molecule has 1 aliphatic rings. The highest BCUT2D eigenvalue weighted by molar-refractivity contribution is 7.89. The minimum atomic E-state index is -1.66. The molecular formula is C34H43N5O4S. The van der Waals surface area contributed by atoms with E-state index in [1.54, 1.807) is 31.3 Å². The van der Waals surface area contributed by atoms with Crippen molar-refractivity contribution >= 4 is 29.0 Å². The molecule has 2 atom stereocenters. The minimum Gasteiger partial charge on any atom is -0.593 e. The number of nitrogens with two attached hydrogens (primary N) is 1. The summed E-state index contributed by atoms with van der Waals surface area (Å²) < 4.78 is 16.8. The summed E-state index contributed by atoms with van der Waals surface area (Å²) in [5.74, 6) is 0.391. The van der Waals surface area contributed by atoms with Crippen LogP contribution in [0.4, 0.5) is 0 Å². The fourth-order valence-electron chi connectivity index (χ4n) is 5.59. The Bertz CT molecular complexity index is 1420. The number of hydrogen-bond acceptors (Lipinski definition) is 6. The van der Waals surface area contributed by atoms with E-state index in [4.69, 9.17) is 10.9 Å². The van der Waals surface area contributed by atoms with Crippen LogP contribution in [0.1, 0.15) is 55.7 Å². The van der Waals surface area contributed by atoms with Crippen molar-refractivity contribution in [3.63, 3.8) is 0 Å². The molecule has 0 aliphatic carbocycles. The number of oxime groups is 1. The lowest BCUT2D eigenvalue weighted by Crippen LogP contribution is -2.51. The van der Waals surface area contributed by atoms with Crippen LogP contribution < -0.4 is 15.8 Å². The Morgan fingerprint density at radius 1 is 1.05 bits per heavy atom. The van der Waals surface area contributed by atoms with E-state index < -0.39 is 17.4 Å². The van der Waals surface area contributed by atoms with Gasteiger partial charge in [-0.3, -0.25) is 9.59 Å². The number of amides is 2. The maximum atomic E-state index is 13.9. The molecule has 1 aliphatic heterocycles. The molecule has 10 heteroatoms. The zero-order valence-corrected chi connectivity index (χ0v) is 26.3. The molecule has 234 valence electrons. The number of nitrogens with zero attached hydrogens (tertiary/aromatic N) is 2. The van der Waals surface area contributed by atoms with E-state index in [-0.39, 0.29) is 24.1 Å². The summed E-state index contributed by atoms with van der Waals surface area (Å²) in [6.07, 6.45) is 5.28. The Balaban J connectivity index is 1.49. The van der Waals surface area contributed by atoms with Crippen LogP contribution in [0.5, 0.6) is 0 Å². The second-order valence-electron chi connectivity index (χ2n) is 11.2. The second-order valence-corrected chi connectivity index (χ2v) is 12.5. The Morgan fingerprint density at radius 2 is 1.77 bits per heavy atom. The van der Waals surface area contributed by atoms with Gasteiger partial charge in [-0.25, -0.2) is 0 Å². The zero-order chi connectivity index (χ0) is 31.5. The Kier molecular flexibility index (Phi) is 12.2. The molecule has 0 spiro atoms. The van der Waals surface area contributed by atoms with Gasteiger partial charge in [0.15, 0.2) is 10.7 Å². The topological polar surface area (TPSA) is 143 Å². The van der Waals surface area contributed by atoms with Crippen molar-refractivity contribution in [1.29, 1.82) is 0 Å². The van der Waals surface area contributed by atoms with Crippen LogP contribution in [0.3, 0.4) is 0 Å². The van der Waals surface area contributed by atoms with E-state index >= 15 is 0 Å². The number of amidine groups is 1. The van der Waals surface area contributed by atoms with Crippen molar-refractivity contribution in [3.8, 4) is 11.1 Å². The Hall–Kier alpha value is -3.86. The first-order chi connectivity index (χ1) is 21.3.